The summed E-state index contributed by atoms with van der Waals surface area (Å²) in [5.74, 6) is 1.05. The second-order valence-corrected chi connectivity index (χ2v) is 9.88. The summed E-state index contributed by atoms with van der Waals surface area (Å²) in [4.78, 5) is 0. The van der Waals surface area contributed by atoms with Gasteiger partial charge in [-0.3, -0.25) is 0 Å². The summed E-state index contributed by atoms with van der Waals surface area (Å²) in [6, 6.07) is 0. The molecule has 1 saturated carbocycles. The molecule has 0 radical (unpaired) electrons. The SMILES string of the molecule is CCCC1CCC(O)C(CCS(=O)(=O)C(C)(C)C)C1. The maximum atomic E-state index is 12.1. The Bertz CT molecular complexity index is 367. The molecular formula is C15H30O3S. The summed E-state index contributed by atoms with van der Waals surface area (Å²) >= 11 is 0. The van der Waals surface area contributed by atoms with Crippen LogP contribution in [0.1, 0.15) is 66.2 Å². The molecule has 0 heterocycles. The fourth-order valence-electron chi connectivity index (χ4n) is 2.94. The van der Waals surface area contributed by atoms with Crippen LogP contribution in [0.4, 0.5) is 0 Å². The minimum atomic E-state index is -3.06. The first-order chi connectivity index (χ1) is 8.67. The van der Waals surface area contributed by atoms with Gasteiger partial charge in [-0.05, 0) is 58.3 Å². The summed E-state index contributed by atoms with van der Waals surface area (Å²) in [6.07, 6.45) is 5.62. The summed E-state index contributed by atoms with van der Waals surface area (Å²) in [5, 5.41) is 10.1. The lowest BCUT2D eigenvalue weighted by Crippen LogP contribution is -2.34. The lowest BCUT2D eigenvalue weighted by Gasteiger charge is -2.34. The van der Waals surface area contributed by atoms with Gasteiger partial charge in [-0.15, -0.1) is 0 Å². The monoisotopic (exact) mass is 290 g/mol. The summed E-state index contributed by atoms with van der Waals surface area (Å²) in [5.41, 5.74) is 0. The Labute approximate surface area is 118 Å². The third kappa shape index (κ3) is 4.75. The Morgan fingerprint density at radius 3 is 2.32 bits per heavy atom. The second kappa shape index (κ2) is 6.57. The molecule has 0 saturated heterocycles. The van der Waals surface area contributed by atoms with Gasteiger partial charge in [0.05, 0.1) is 16.6 Å². The van der Waals surface area contributed by atoms with Crippen molar-refractivity contribution in [3.8, 4) is 0 Å². The van der Waals surface area contributed by atoms with Crippen LogP contribution in [0.2, 0.25) is 0 Å². The Hall–Kier alpha value is -0.0900. The van der Waals surface area contributed by atoms with E-state index in [2.05, 4.69) is 6.92 Å². The van der Waals surface area contributed by atoms with Crippen molar-refractivity contribution in [1.29, 1.82) is 0 Å². The minimum absolute atomic E-state index is 0.169. The topological polar surface area (TPSA) is 54.4 Å². The predicted molar refractivity (Wildman–Crippen MR) is 79.9 cm³/mol. The molecule has 0 amide bonds. The number of sulfone groups is 1. The number of hydrogen-bond donors (Lipinski definition) is 1. The fraction of sp³-hybridized carbons (Fsp3) is 1.00. The molecule has 0 aliphatic heterocycles. The smallest absolute Gasteiger partial charge is 0.155 e. The van der Waals surface area contributed by atoms with E-state index in [-0.39, 0.29) is 17.8 Å². The molecule has 1 N–H and O–H groups in total. The van der Waals surface area contributed by atoms with Gasteiger partial charge < -0.3 is 5.11 Å². The van der Waals surface area contributed by atoms with Gasteiger partial charge in [0.25, 0.3) is 0 Å². The highest BCUT2D eigenvalue weighted by atomic mass is 32.2. The first-order valence-corrected chi connectivity index (χ1v) is 9.23. The molecule has 1 rings (SSSR count). The molecule has 1 aliphatic rings. The van der Waals surface area contributed by atoms with Crippen molar-refractivity contribution >= 4 is 9.84 Å². The van der Waals surface area contributed by atoms with Crippen LogP contribution >= 0.6 is 0 Å². The molecule has 0 bridgehead atoms. The van der Waals surface area contributed by atoms with E-state index >= 15 is 0 Å². The van der Waals surface area contributed by atoms with Gasteiger partial charge in [0.15, 0.2) is 9.84 Å². The standard InChI is InChI=1S/C15H30O3S/c1-5-6-12-7-8-14(16)13(11-12)9-10-19(17,18)15(2,3)4/h12-14,16H,5-11H2,1-4H3. The highest BCUT2D eigenvalue weighted by molar-refractivity contribution is 7.92. The van der Waals surface area contributed by atoms with E-state index in [1.54, 1.807) is 20.8 Å². The third-order valence-electron chi connectivity index (χ3n) is 4.44. The van der Waals surface area contributed by atoms with Gasteiger partial charge in [0, 0.05) is 0 Å². The van der Waals surface area contributed by atoms with E-state index in [1.807, 2.05) is 0 Å². The highest BCUT2D eigenvalue weighted by Gasteiger charge is 2.33. The zero-order valence-corrected chi connectivity index (χ0v) is 13.7. The van der Waals surface area contributed by atoms with Crippen molar-refractivity contribution in [1.82, 2.24) is 0 Å². The van der Waals surface area contributed by atoms with Gasteiger partial charge in [-0.1, -0.05) is 19.8 Å². The molecular weight excluding hydrogens is 260 g/mol. The molecule has 4 heteroatoms. The first-order valence-electron chi connectivity index (χ1n) is 7.57. The Kier molecular flexibility index (Phi) is 5.87. The summed E-state index contributed by atoms with van der Waals surface area (Å²) < 4.78 is 23.6. The van der Waals surface area contributed by atoms with E-state index in [0.29, 0.717) is 12.3 Å². The lowest BCUT2D eigenvalue weighted by atomic mass is 9.76. The largest absolute Gasteiger partial charge is 0.393 e. The molecule has 1 fully saturated rings. The van der Waals surface area contributed by atoms with Gasteiger partial charge in [-0.2, -0.15) is 0 Å². The van der Waals surface area contributed by atoms with Crippen LogP contribution in [0.15, 0.2) is 0 Å². The Morgan fingerprint density at radius 1 is 1.16 bits per heavy atom. The van der Waals surface area contributed by atoms with Crippen LogP contribution in [0.25, 0.3) is 0 Å². The molecule has 3 unspecified atom stereocenters. The van der Waals surface area contributed by atoms with Crippen molar-refractivity contribution < 1.29 is 13.5 Å². The lowest BCUT2D eigenvalue weighted by molar-refractivity contribution is 0.0446. The van der Waals surface area contributed by atoms with E-state index in [0.717, 1.165) is 19.3 Å². The van der Waals surface area contributed by atoms with E-state index in [1.165, 1.54) is 12.8 Å². The molecule has 114 valence electrons. The maximum absolute atomic E-state index is 12.1. The maximum Gasteiger partial charge on any atom is 0.155 e. The van der Waals surface area contributed by atoms with Crippen LogP contribution < -0.4 is 0 Å². The quantitative estimate of drug-likeness (QED) is 0.846. The average Bonchev–Trinajstić information content (AvgIpc) is 2.29. The number of aliphatic hydroxyl groups excluding tert-OH is 1. The van der Waals surface area contributed by atoms with E-state index < -0.39 is 14.6 Å². The zero-order chi connectivity index (χ0) is 14.7. The van der Waals surface area contributed by atoms with Crippen LogP contribution in [-0.4, -0.2) is 30.1 Å². The number of aliphatic hydroxyl groups is 1. The van der Waals surface area contributed by atoms with Crippen molar-refractivity contribution in [3.05, 3.63) is 0 Å². The molecule has 0 aromatic carbocycles. The van der Waals surface area contributed by atoms with E-state index in [9.17, 15) is 13.5 Å². The predicted octanol–water partition coefficient (Wildman–Crippen LogP) is 3.17. The second-order valence-electron chi connectivity index (χ2n) is 7.02. The molecule has 3 nitrogen and oxygen atoms in total. The molecule has 0 aromatic rings. The fourth-order valence-corrected chi connectivity index (χ4v) is 4.16. The molecule has 19 heavy (non-hydrogen) atoms. The Morgan fingerprint density at radius 2 is 1.79 bits per heavy atom. The Balaban J connectivity index is 2.56. The normalized spacial score (nSPS) is 29.4. The molecule has 1 aliphatic carbocycles. The summed E-state index contributed by atoms with van der Waals surface area (Å²) in [7, 11) is -3.06. The van der Waals surface area contributed by atoms with Crippen molar-refractivity contribution in [2.24, 2.45) is 11.8 Å². The first kappa shape index (κ1) is 17.0. The van der Waals surface area contributed by atoms with Crippen LogP contribution in [-0.2, 0) is 9.84 Å². The molecule has 3 atom stereocenters. The number of hydrogen-bond acceptors (Lipinski definition) is 3. The van der Waals surface area contributed by atoms with Crippen LogP contribution in [0.3, 0.4) is 0 Å². The van der Waals surface area contributed by atoms with E-state index in [4.69, 9.17) is 0 Å². The average molecular weight is 290 g/mol. The van der Waals surface area contributed by atoms with Crippen LogP contribution in [0, 0.1) is 11.8 Å². The van der Waals surface area contributed by atoms with Crippen LogP contribution in [0.5, 0.6) is 0 Å². The summed E-state index contributed by atoms with van der Waals surface area (Å²) in [6.45, 7) is 7.43. The van der Waals surface area contributed by atoms with Crippen molar-refractivity contribution in [2.75, 3.05) is 5.75 Å². The van der Waals surface area contributed by atoms with Gasteiger partial charge >= 0.3 is 0 Å². The van der Waals surface area contributed by atoms with Gasteiger partial charge in [-0.25, -0.2) is 8.42 Å². The van der Waals surface area contributed by atoms with Gasteiger partial charge in [0.1, 0.15) is 0 Å². The molecule has 0 aromatic heterocycles. The van der Waals surface area contributed by atoms with Crippen molar-refractivity contribution in [2.45, 2.75) is 77.1 Å². The highest BCUT2D eigenvalue weighted by Crippen LogP contribution is 2.34. The number of rotatable bonds is 5. The minimum Gasteiger partial charge on any atom is -0.393 e. The zero-order valence-electron chi connectivity index (χ0n) is 12.9. The third-order valence-corrected chi connectivity index (χ3v) is 7.08. The van der Waals surface area contributed by atoms with Gasteiger partial charge in [0.2, 0.25) is 0 Å². The molecule has 0 spiro atoms. The van der Waals surface area contributed by atoms with Crippen molar-refractivity contribution in [3.63, 3.8) is 0 Å².